The lowest BCUT2D eigenvalue weighted by Crippen LogP contribution is -2.15. The maximum Gasteiger partial charge on any atom is 0.265 e. The molecule has 0 unspecified atom stereocenters. The fourth-order valence-electron chi connectivity index (χ4n) is 2.96. The third-order valence-electron chi connectivity index (χ3n) is 4.12. The average Bonchev–Trinajstić information content (AvgIpc) is 2.86. The molecule has 0 saturated carbocycles. The van der Waals surface area contributed by atoms with E-state index in [-0.39, 0.29) is 4.90 Å². The maximum atomic E-state index is 13.0. The van der Waals surface area contributed by atoms with Gasteiger partial charge in [0.25, 0.3) is 10.0 Å². The highest BCUT2D eigenvalue weighted by Gasteiger charge is 2.25. The van der Waals surface area contributed by atoms with Gasteiger partial charge in [-0.2, -0.15) is 5.10 Å². The number of nitrogens with one attached hydrogen (secondary N) is 1. The van der Waals surface area contributed by atoms with Gasteiger partial charge in [0.1, 0.15) is 4.90 Å². The molecular formula is C19H21N3O2S. The van der Waals surface area contributed by atoms with Crippen LogP contribution in [0.1, 0.15) is 22.5 Å². The minimum Gasteiger partial charge on any atom is -0.279 e. The van der Waals surface area contributed by atoms with E-state index >= 15 is 0 Å². The number of para-hydroxylation sites is 1. The summed E-state index contributed by atoms with van der Waals surface area (Å²) in [4.78, 5) is 0.219. The highest BCUT2D eigenvalue weighted by molar-refractivity contribution is 7.92. The number of hydrogen-bond acceptors (Lipinski definition) is 3. The van der Waals surface area contributed by atoms with Crippen molar-refractivity contribution in [3.05, 3.63) is 71.0 Å². The molecule has 0 aliphatic rings. The van der Waals surface area contributed by atoms with Crippen molar-refractivity contribution in [1.29, 1.82) is 0 Å². The Hall–Kier alpha value is -2.60. The topological polar surface area (TPSA) is 64.0 Å². The molecule has 1 N–H and O–H groups in total. The van der Waals surface area contributed by atoms with Crippen LogP contribution in [0.4, 0.5) is 5.69 Å². The third kappa shape index (κ3) is 3.30. The molecular weight excluding hydrogens is 334 g/mol. The van der Waals surface area contributed by atoms with Gasteiger partial charge in [-0.15, -0.1) is 0 Å². The van der Waals surface area contributed by atoms with Crippen LogP contribution < -0.4 is 4.72 Å². The van der Waals surface area contributed by atoms with Crippen LogP contribution in [0, 0.1) is 27.7 Å². The molecule has 0 radical (unpaired) electrons. The number of nitrogens with zero attached hydrogens (tertiary/aromatic N) is 2. The second kappa shape index (κ2) is 6.37. The first-order valence-electron chi connectivity index (χ1n) is 8.01. The van der Waals surface area contributed by atoms with E-state index in [0.29, 0.717) is 17.1 Å². The van der Waals surface area contributed by atoms with E-state index in [9.17, 15) is 8.42 Å². The highest BCUT2D eigenvalue weighted by atomic mass is 32.2. The SMILES string of the molecule is Cc1ccc(NS(=O)(=O)c2c(C)nn(-c3ccccc3)c2C)c(C)c1. The Balaban J connectivity index is 2.05. The average molecular weight is 355 g/mol. The van der Waals surface area contributed by atoms with Crippen molar-refractivity contribution in [2.24, 2.45) is 0 Å². The second-order valence-electron chi connectivity index (χ2n) is 6.17. The molecule has 0 bridgehead atoms. The predicted molar refractivity (Wildman–Crippen MR) is 99.8 cm³/mol. The zero-order valence-corrected chi connectivity index (χ0v) is 15.6. The van der Waals surface area contributed by atoms with Gasteiger partial charge in [0.05, 0.1) is 22.8 Å². The van der Waals surface area contributed by atoms with Crippen molar-refractivity contribution in [3.8, 4) is 5.69 Å². The predicted octanol–water partition coefficient (Wildman–Crippen LogP) is 3.91. The number of aromatic nitrogens is 2. The molecule has 2 aromatic carbocycles. The van der Waals surface area contributed by atoms with Crippen LogP contribution >= 0.6 is 0 Å². The van der Waals surface area contributed by atoms with Gasteiger partial charge in [0.15, 0.2) is 0 Å². The van der Waals surface area contributed by atoms with Crippen LogP contribution in [0.3, 0.4) is 0 Å². The lowest BCUT2D eigenvalue weighted by Gasteiger charge is -2.12. The molecule has 0 aliphatic carbocycles. The Morgan fingerprint density at radius 1 is 0.960 bits per heavy atom. The van der Waals surface area contributed by atoms with E-state index in [1.807, 2.05) is 56.3 Å². The number of benzene rings is 2. The normalized spacial score (nSPS) is 11.5. The summed E-state index contributed by atoms with van der Waals surface area (Å²) in [7, 11) is -3.73. The summed E-state index contributed by atoms with van der Waals surface area (Å²) in [6.07, 6.45) is 0. The van der Waals surface area contributed by atoms with Gasteiger partial charge in [0, 0.05) is 0 Å². The molecule has 1 heterocycles. The smallest absolute Gasteiger partial charge is 0.265 e. The van der Waals surface area contributed by atoms with Crippen LogP contribution in [-0.2, 0) is 10.0 Å². The number of aryl methyl sites for hydroxylation is 3. The minimum absolute atomic E-state index is 0.219. The summed E-state index contributed by atoms with van der Waals surface area (Å²) in [5, 5.41) is 4.42. The summed E-state index contributed by atoms with van der Waals surface area (Å²) in [5.41, 5.74) is 4.44. The van der Waals surface area contributed by atoms with Crippen molar-refractivity contribution in [2.45, 2.75) is 32.6 Å². The van der Waals surface area contributed by atoms with Gasteiger partial charge in [0.2, 0.25) is 0 Å². The van der Waals surface area contributed by atoms with Crippen molar-refractivity contribution in [1.82, 2.24) is 9.78 Å². The zero-order chi connectivity index (χ0) is 18.2. The summed E-state index contributed by atoms with van der Waals surface area (Å²) >= 11 is 0. The van der Waals surface area contributed by atoms with E-state index in [0.717, 1.165) is 16.8 Å². The Morgan fingerprint density at radius 3 is 2.28 bits per heavy atom. The van der Waals surface area contributed by atoms with Crippen LogP contribution in [0.15, 0.2) is 53.4 Å². The number of rotatable bonds is 4. The first-order chi connectivity index (χ1) is 11.8. The minimum atomic E-state index is -3.73. The molecule has 3 rings (SSSR count). The summed E-state index contributed by atoms with van der Waals surface area (Å²) < 4.78 is 30.3. The molecule has 0 spiro atoms. The molecule has 0 amide bonds. The fourth-order valence-corrected chi connectivity index (χ4v) is 4.49. The summed E-state index contributed by atoms with van der Waals surface area (Å²) in [6, 6.07) is 15.1. The Bertz CT molecular complexity index is 1020. The van der Waals surface area contributed by atoms with Gasteiger partial charge in [-0.3, -0.25) is 4.72 Å². The molecule has 0 atom stereocenters. The monoisotopic (exact) mass is 355 g/mol. The van der Waals surface area contributed by atoms with Crippen LogP contribution in [0.2, 0.25) is 0 Å². The lowest BCUT2D eigenvalue weighted by atomic mass is 10.1. The van der Waals surface area contributed by atoms with Crippen molar-refractivity contribution >= 4 is 15.7 Å². The van der Waals surface area contributed by atoms with Crippen LogP contribution in [0.25, 0.3) is 5.69 Å². The molecule has 130 valence electrons. The molecule has 6 heteroatoms. The molecule has 25 heavy (non-hydrogen) atoms. The molecule has 0 aliphatic heterocycles. The van der Waals surface area contributed by atoms with Crippen molar-refractivity contribution < 1.29 is 8.42 Å². The van der Waals surface area contributed by atoms with E-state index in [2.05, 4.69) is 9.82 Å². The first-order valence-corrected chi connectivity index (χ1v) is 9.49. The Morgan fingerprint density at radius 2 is 1.64 bits per heavy atom. The van der Waals surface area contributed by atoms with Gasteiger partial charge >= 0.3 is 0 Å². The molecule has 5 nitrogen and oxygen atoms in total. The highest BCUT2D eigenvalue weighted by Crippen LogP contribution is 2.26. The summed E-state index contributed by atoms with van der Waals surface area (Å²) in [5.74, 6) is 0. The van der Waals surface area contributed by atoms with Crippen LogP contribution in [-0.4, -0.2) is 18.2 Å². The van der Waals surface area contributed by atoms with Crippen molar-refractivity contribution in [3.63, 3.8) is 0 Å². The van der Waals surface area contributed by atoms with E-state index in [4.69, 9.17) is 0 Å². The number of sulfonamides is 1. The quantitative estimate of drug-likeness (QED) is 0.772. The maximum absolute atomic E-state index is 13.0. The largest absolute Gasteiger partial charge is 0.279 e. The molecule has 0 fully saturated rings. The van der Waals surface area contributed by atoms with E-state index in [1.54, 1.807) is 24.6 Å². The standard InChI is InChI=1S/C19H21N3O2S/c1-13-10-11-18(14(2)12-13)21-25(23,24)19-15(3)20-22(16(19)4)17-8-6-5-7-9-17/h5-12,21H,1-4H3. The zero-order valence-electron chi connectivity index (χ0n) is 14.7. The van der Waals surface area contributed by atoms with Crippen molar-refractivity contribution in [2.75, 3.05) is 4.72 Å². The Labute approximate surface area is 148 Å². The first kappa shape index (κ1) is 17.2. The summed E-state index contributed by atoms with van der Waals surface area (Å²) in [6.45, 7) is 7.34. The fraction of sp³-hybridized carbons (Fsp3) is 0.211. The van der Waals surface area contributed by atoms with Crippen LogP contribution in [0.5, 0.6) is 0 Å². The van der Waals surface area contributed by atoms with Gasteiger partial charge in [-0.25, -0.2) is 13.1 Å². The van der Waals surface area contributed by atoms with E-state index in [1.165, 1.54) is 0 Å². The van der Waals surface area contributed by atoms with Gasteiger partial charge < -0.3 is 0 Å². The number of hydrogen-bond donors (Lipinski definition) is 1. The Kier molecular flexibility index (Phi) is 4.39. The molecule has 3 aromatic rings. The molecule has 0 saturated heterocycles. The lowest BCUT2D eigenvalue weighted by molar-refractivity contribution is 0.600. The third-order valence-corrected chi connectivity index (χ3v) is 5.74. The molecule has 1 aromatic heterocycles. The van der Waals surface area contributed by atoms with E-state index < -0.39 is 10.0 Å². The number of anilines is 1. The second-order valence-corrected chi connectivity index (χ2v) is 7.79. The van der Waals surface area contributed by atoms with Gasteiger partial charge in [-0.1, -0.05) is 35.9 Å². The van der Waals surface area contributed by atoms with Gasteiger partial charge in [-0.05, 0) is 51.5 Å².